The summed E-state index contributed by atoms with van der Waals surface area (Å²) in [4.78, 5) is -4.37. The minimum atomic E-state index is -5.59. The Labute approximate surface area is 112 Å². The zero-order valence-electron chi connectivity index (χ0n) is 9.89. The number of fused-ring (bicyclic) bond motifs is 2. The van der Waals surface area contributed by atoms with Crippen LogP contribution in [0, 0.1) is 17.8 Å². The Morgan fingerprint density at radius 2 is 1.53 bits per heavy atom. The van der Waals surface area contributed by atoms with E-state index in [1.165, 1.54) is 0 Å². The summed E-state index contributed by atoms with van der Waals surface area (Å²) < 4.78 is 79.5. The van der Waals surface area contributed by atoms with E-state index < -0.39 is 23.9 Å². The number of rotatable bonds is 3. The highest BCUT2D eigenvalue weighted by molar-refractivity contribution is 7.81. The molecule has 0 aromatic carbocycles. The lowest BCUT2D eigenvalue weighted by atomic mass is 9.89. The van der Waals surface area contributed by atoms with Gasteiger partial charge in [0.25, 0.3) is 0 Å². The first-order chi connectivity index (χ1) is 8.54. The Balaban J connectivity index is 2.02. The highest BCUT2D eigenvalue weighted by atomic mass is 32.1. The molecule has 0 radical (unpaired) electrons. The first-order valence-corrected chi connectivity index (χ1v) is 6.49. The first kappa shape index (κ1) is 15.3. The van der Waals surface area contributed by atoms with Crippen molar-refractivity contribution in [3.8, 4) is 0 Å². The van der Waals surface area contributed by atoms with E-state index in [0.29, 0.717) is 12.3 Å². The van der Waals surface area contributed by atoms with Crippen molar-refractivity contribution in [2.45, 2.75) is 43.0 Å². The largest absolute Gasteiger partial charge is 0.436 e. The Bertz CT molecular complexity index is 325. The average Bonchev–Trinajstić information content (AvgIpc) is 2.83. The quantitative estimate of drug-likeness (QED) is 0.467. The highest BCUT2D eigenvalue weighted by Gasteiger charge is 2.70. The molecule has 19 heavy (non-hydrogen) atoms. The van der Waals surface area contributed by atoms with E-state index in [1.807, 2.05) is 0 Å². The topological polar surface area (TPSA) is 9.23 Å². The molecule has 0 N–H and O–H groups in total. The lowest BCUT2D eigenvalue weighted by molar-refractivity contribution is -0.341. The molecule has 2 aliphatic carbocycles. The molecule has 0 spiro atoms. The van der Waals surface area contributed by atoms with Crippen LogP contribution in [-0.2, 0) is 4.74 Å². The number of ether oxygens (including phenoxy) is 1. The predicted molar refractivity (Wildman–Crippen MR) is 58.7 cm³/mol. The molecule has 0 amide bonds. The minimum absolute atomic E-state index is 0.198. The molecule has 8 heteroatoms. The van der Waals surface area contributed by atoms with Gasteiger partial charge in [-0.1, -0.05) is 6.42 Å². The fourth-order valence-electron chi connectivity index (χ4n) is 3.13. The second kappa shape index (κ2) is 4.72. The van der Waals surface area contributed by atoms with Crippen LogP contribution in [-0.4, -0.2) is 23.9 Å². The van der Waals surface area contributed by atoms with E-state index in [0.717, 1.165) is 19.3 Å². The summed E-state index contributed by atoms with van der Waals surface area (Å²) in [5, 5.41) is 0. The lowest BCUT2D eigenvalue weighted by Crippen LogP contribution is -2.55. The number of alkyl halides is 6. The third-order valence-corrected chi connectivity index (χ3v) is 4.80. The molecule has 2 bridgehead atoms. The number of halogens is 6. The van der Waals surface area contributed by atoms with Crippen LogP contribution in [0.15, 0.2) is 0 Å². The van der Waals surface area contributed by atoms with E-state index in [4.69, 9.17) is 0 Å². The van der Waals surface area contributed by atoms with Crippen LogP contribution >= 0.6 is 12.6 Å². The molecule has 0 saturated heterocycles. The van der Waals surface area contributed by atoms with Gasteiger partial charge in [0.1, 0.15) is 0 Å². The second-order valence-electron chi connectivity index (χ2n) is 5.39. The van der Waals surface area contributed by atoms with Crippen molar-refractivity contribution < 1.29 is 31.1 Å². The number of thiol groups is 1. The molecule has 0 aliphatic heterocycles. The fraction of sp³-hybridized carbons (Fsp3) is 1.00. The normalized spacial score (nSPS) is 32.1. The first-order valence-electron chi connectivity index (χ1n) is 6.04. The van der Waals surface area contributed by atoms with Crippen LogP contribution in [0.3, 0.4) is 0 Å². The molecule has 1 nitrogen and oxygen atoms in total. The van der Waals surface area contributed by atoms with Crippen molar-refractivity contribution in [1.82, 2.24) is 0 Å². The summed E-state index contributed by atoms with van der Waals surface area (Å²) in [5.74, 6) is 0.420. The molecule has 2 rings (SSSR count). The molecule has 3 unspecified atom stereocenters. The standard InChI is InChI=1S/C11H14F6OS/c12-10(13,14)9(19,11(15,16)17)18-5-8-4-6-1-2-7(8)3-6/h6-8,19H,1-5H2. The van der Waals surface area contributed by atoms with E-state index in [9.17, 15) is 26.3 Å². The molecular formula is C11H14F6OS. The summed E-state index contributed by atoms with van der Waals surface area (Å²) in [6, 6.07) is 0. The van der Waals surface area contributed by atoms with Gasteiger partial charge in [-0.15, -0.1) is 12.6 Å². The highest BCUT2D eigenvalue weighted by Crippen LogP contribution is 2.52. The van der Waals surface area contributed by atoms with Crippen molar-refractivity contribution in [2.24, 2.45) is 17.8 Å². The van der Waals surface area contributed by atoms with Crippen molar-refractivity contribution in [2.75, 3.05) is 6.61 Å². The van der Waals surface area contributed by atoms with Gasteiger partial charge in [-0.05, 0) is 37.0 Å². The van der Waals surface area contributed by atoms with E-state index in [2.05, 4.69) is 17.4 Å². The molecule has 112 valence electrons. The van der Waals surface area contributed by atoms with Gasteiger partial charge < -0.3 is 4.74 Å². The van der Waals surface area contributed by atoms with Crippen molar-refractivity contribution in [3.05, 3.63) is 0 Å². The number of hydrogen-bond donors (Lipinski definition) is 1. The molecule has 0 aromatic heterocycles. The molecule has 2 fully saturated rings. The fourth-order valence-corrected chi connectivity index (χ4v) is 3.21. The predicted octanol–water partition coefficient (Wildman–Crippen LogP) is 4.19. The zero-order valence-corrected chi connectivity index (χ0v) is 10.8. The van der Waals surface area contributed by atoms with Crippen molar-refractivity contribution in [1.29, 1.82) is 0 Å². The Kier molecular flexibility index (Phi) is 3.79. The van der Waals surface area contributed by atoms with E-state index >= 15 is 0 Å². The van der Waals surface area contributed by atoms with Gasteiger partial charge in [0, 0.05) is 0 Å². The van der Waals surface area contributed by atoms with Crippen molar-refractivity contribution >= 4 is 12.6 Å². The molecule has 0 heterocycles. The van der Waals surface area contributed by atoms with Gasteiger partial charge in [0.05, 0.1) is 6.61 Å². The third-order valence-electron chi connectivity index (χ3n) is 4.16. The van der Waals surface area contributed by atoms with Gasteiger partial charge in [-0.25, -0.2) is 0 Å². The summed E-state index contributed by atoms with van der Waals surface area (Å²) in [5.41, 5.74) is 0. The van der Waals surface area contributed by atoms with Gasteiger partial charge in [0.15, 0.2) is 0 Å². The smallest absolute Gasteiger partial charge is 0.348 e. The average molecular weight is 308 g/mol. The third kappa shape index (κ3) is 2.70. The Hall–Kier alpha value is -0.110. The van der Waals surface area contributed by atoms with Crippen LogP contribution in [0.25, 0.3) is 0 Å². The van der Waals surface area contributed by atoms with Crippen LogP contribution in [0.1, 0.15) is 25.7 Å². The lowest BCUT2D eigenvalue weighted by Gasteiger charge is -2.34. The maximum Gasteiger partial charge on any atom is 0.436 e. The van der Waals surface area contributed by atoms with Gasteiger partial charge >= 0.3 is 17.3 Å². The molecule has 3 atom stereocenters. The van der Waals surface area contributed by atoms with Gasteiger partial charge in [-0.3, -0.25) is 0 Å². The van der Waals surface area contributed by atoms with Crippen LogP contribution in [0.5, 0.6) is 0 Å². The molecular weight excluding hydrogens is 294 g/mol. The summed E-state index contributed by atoms with van der Waals surface area (Å²) >= 11 is 2.75. The summed E-state index contributed by atoms with van der Waals surface area (Å²) in [6.07, 6.45) is -7.74. The maximum absolute atomic E-state index is 12.5. The zero-order chi connectivity index (χ0) is 14.5. The van der Waals surface area contributed by atoms with Crippen LogP contribution in [0.4, 0.5) is 26.3 Å². The summed E-state index contributed by atoms with van der Waals surface area (Å²) in [6.45, 7) is -0.538. The second-order valence-corrected chi connectivity index (χ2v) is 6.02. The Morgan fingerprint density at radius 1 is 0.947 bits per heavy atom. The summed E-state index contributed by atoms with van der Waals surface area (Å²) in [7, 11) is 0. The minimum Gasteiger partial charge on any atom is -0.348 e. The molecule has 0 aromatic rings. The molecule has 2 aliphatic rings. The monoisotopic (exact) mass is 308 g/mol. The van der Waals surface area contributed by atoms with Crippen LogP contribution in [0.2, 0.25) is 0 Å². The van der Waals surface area contributed by atoms with Gasteiger partial charge in [-0.2, -0.15) is 26.3 Å². The van der Waals surface area contributed by atoms with Crippen molar-refractivity contribution in [3.63, 3.8) is 0 Å². The SMILES string of the molecule is FC(F)(F)C(S)(OCC1CC2CCC1C2)C(F)(F)F. The maximum atomic E-state index is 12.5. The number of hydrogen-bond acceptors (Lipinski definition) is 2. The Morgan fingerprint density at radius 3 is 1.89 bits per heavy atom. The van der Waals surface area contributed by atoms with Crippen LogP contribution < -0.4 is 0 Å². The van der Waals surface area contributed by atoms with E-state index in [-0.39, 0.29) is 11.8 Å². The van der Waals surface area contributed by atoms with E-state index in [1.54, 1.807) is 0 Å². The van der Waals surface area contributed by atoms with Gasteiger partial charge in [0.2, 0.25) is 0 Å². The molecule has 2 saturated carbocycles.